The minimum absolute atomic E-state index is 0.0677. The standard InChI is InChI=1S/C26H27N3O4S/c1-4-29(5-2)34(31,32)20-15-16-25(33-6-3)24(17-20)28-26(30)23-14-10-9-13-22(23)21-12-8-7-11-19(21)18-27/h7-17H,4-6H2,1-3H3,(H,28,30). The monoisotopic (exact) mass is 477 g/mol. The summed E-state index contributed by atoms with van der Waals surface area (Å²) in [6, 6.07) is 20.6. The quantitative estimate of drug-likeness (QED) is 0.472. The Labute approximate surface area is 200 Å². The molecule has 34 heavy (non-hydrogen) atoms. The SMILES string of the molecule is CCOc1ccc(S(=O)(=O)N(CC)CC)cc1NC(=O)c1ccccc1-c1ccccc1C#N. The van der Waals surface area contributed by atoms with E-state index in [9.17, 15) is 18.5 Å². The minimum Gasteiger partial charge on any atom is -0.492 e. The van der Waals surface area contributed by atoms with E-state index in [1.165, 1.54) is 16.4 Å². The third-order valence-electron chi connectivity index (χ3n) is 5.35. The molecule has 3 aromatic carbocycles. The van der Waals surface area contributed by atoms with Crippen LogP contribution in [0.2, 0.25) is 0 Å². The van der Waals surface area contributed by atoms with Crippen molar-refractivity contribution in [1.82, 2.24) is 4.31 Å². The second-order valence-corrected chi connectivity index (χ2v) is 9.28. The van der Waals surface area contributed by atoms with E-state index in [4.69, 9.17) is 4.74 Å². The molecule has 0 aliphatic carbocycles. The van der Waals surface area contributed by atoms with Gasteiger partial charge in [-0.05, 0) is 42.8 Å². The molecule has 0 spiro atoms. The molecule has 1 amide bonds. The summed E-state index contributed by atoms with van der Waals surface area (Å²) in [4.78, 5) is 13.4. The number of amides is 1. The van der Waals surface area contributed by atoms with Crippen LogP contribution in [0.5, 0.6) is 5.75 Å². The first-order valence-electron chi connectivity index (χ1n) is 11.0. The van der Waals surface area contributed by atoms with Crippen LogP contribution in [0, 0.1) is 11.3 Å². The second-order valence-electron chi connectivity index (χ2n) is 7.34. The molecule has 176 valence electrons. The first-order valence-corrected chi connectivity index (χ1v) is 12.5. The van der Waals surface area contributed by atoms with Crippen LogP contribution in [0.15, 0.2) is 71.6 Å². The van der Waals surface area contributed by atoms with Crippen LogP contribution in [0.1, 0.15) is 36.7 Å². The summed E-state index contributed by atoms with van der Waals surface area (Å²) < 4.78 is 33.0. The lowest BCUT2D eigenvalue weighted by atomic mass is 9.95. The van der Waals surface area contributed by atoms with Crippen molar-refractivity contribution in [2.24, 2.45) is 0 Å². The predicted octanol–water partition coefficient (Wildman–Crippen LogP) is 4.91. The highest BCUT2D eigenvalue weighted by Gasteiger charge is 2.24. The molecule has 0 aromatic heterocycles. The van der Waals surface area contributed by atoms with Gasteiger partial charge in [0.25, 0.3) is 5.91 Å². The summed E-state index contributed by atoms with van der Waals surface area (Å²) in [5, 5.41) is 12.3. The lowest BCUT2D eigenvalue weighted by molar-refractivity contribution is 0.102. The number of carbonyl (C=O) groups excluding carboxylic acids is 1. The number of rotatable bonds is 9. The van der Waals surface area contributed by atoms with Gasteiger partial charge in [-0.2, -0.15) is 9.57 Å². The number of ether oxygens (including phenoxy) is 1. The molecular weight excluding hydrogens is 450 g/mol. The first kappa shape index (κ1) is 25.0. The summed E-state index contributed by atoms with van der Waals surface area (Å²) in [7, 11) is -3.73. The average Bonchev–Trinajstić information content (AvgIpc) is 2.85. The maximum atomic E-state index is 13.4. The molecule has 7 nitrogen and oxygen atoms in total. The fourth-order valence-corrected chi connectivity index (χ4v) is 5.17. The van der Waals surface area contributed by atoms with Gasteiger partial charge in [-0.15, -0.1) is 0 Å². The van der Waals surface area contributed by atoms with Gasteiger partial charge in [0.05, 0.1) is 28.8 Å². The molecule has 3 aromatic rings. The van der Waals surface area contributed by atoms with Crippen molar-refractivity contribution in [1.29, 1.82) is 5.26 Å². The minimum atomic E-state index is -3.73. The van der Waals surface area contributed by atoms with Gasteiger partial charge in [0.15, 0.2) is 0 Å². The summed E-state index contributed by atoms with van der Waals surface area (Å²) in [5.74, 6) is -0.0778. The number of hydrogen-bond acceptors (Lipinski definition) is 5. The van der Waals surface area contributed by atoms with E-state index in [1.54, 1.807) is 75.4 Å². The molecule has 0 heterocycles. The average molecular weight is 478 g/mol. The Morgan fingerprint density at radius 3 is 2.26 bits per heavy atom. The van der Waals surface area contributed by atoms with Gasteiger partial charge < -0.3 is 10.1 Å². The third-order valence-corrected chi connectivity index (χ3v) is 7.40. The van der Waals surface area contributed by atoms with Gasteiger partial charge in [0.2, 0.25) is 10.0 Å². The Kier molecular flexibility index (Phi) is 8.05. The van der Waals surface area contributed by atoms with Crippen LogP contribution in [-0.2, 0) is 10.0 Å². The highest BCUT2D eigenvalue weighted by molar-refractivity contribution is 7.89. The molecule has 0 fully saturated rings. The van der Waals surface area contributed by atoms with Crippen LogP contribution >= 0.6 is 0 Å². The largest absolute Gasteiger partial charge is 0.492 e. The van der Waals surface area contributed by atoms with Crippen molar-refractivity contribution in [3.63, 3.8) is 0 Å². The van der Waals surface area contributed by atoms with Crippen LogP contribution in [0.25, 0.3) is 11.1 Å². The number of sulfonamides is 1. The third kappa shape index (κ3) is 5.11. The van der Waals surface area contributed by atoms with Crippen molar-refractivity contribution in [2.75, 3.05) is 25.0 Å². The maximum absolute atomic E-state index is 13.4. The molecule has 8 heteroatoms. The summed E-state index contributed by atoms with van der Waals surface area (Å²) in [5.41, 5.74) is 2.29. The second kappa shape index (κ2) is 11.0. The number of carbonyl (C=O) groups is 1. The predicted molar refractivity (Wildman–Crippen MR) is 132 cm³/mol. The van der Waals surface area contributed by atoms with Gasteiger partial charge in [0.1, 0.15) is 5.75 Å². The van der Waals surface area contributed by atoms with Gasteiger partial charge in [-0.1, -0.05) is 50.2 Å². The summed E-state index contributed by atoms with van der Waals surface area (Å²) in [6.45, 7) is 6.36. The lowest BCUT2D eigenvalue weighted by Gasteiger charge is -2.20. The number of nitrogens with one attached hydrogen (secondary N) is 1. The lowest BCUT2D eigenvalue weighted by Crippen LogP contribution is -2.30. The first-order chi connectivity index (χ1) is 16.4. The van der Waals surface area contributed by atoms with E-state index in [0.29, 0.717) is 47.7 Å². The van der Waals surface area contributed by atoms with Crippen molar-refractivity contribution < 1.29 is 17.9 Å². The molecule has 1 N–H and O–H groups in total. The van der Waals surface area contributed by atoms with Crippen molar-refractivity contribution >= 4 is 21.6 Å². The van der Waals surface area contributed by atoms with E-state index in [0.717, 1.165) is 0 Å². The van der Waals surface area contributed by atoms with Crippen LogP contribution < -0.4 is 10.1 Å². The Morgan fingerprint density at radius 1 is 0.971 bits per heavy atom. The van der Waals surface area contributed by atoms with Crippen molar-refractivity contribution in [3.05, 3.63) is 77.9 Å². The number of nitrogens with zero attached hydrogens (tertiary/aromatic N) is 2. The Morgan fingerprint density at radius 2 is 1.62 bits per heavy atom. The van der Waals surface area contributed by atoms with E-state index in [1.807, 2.05) is 0 Å². The molecule has 3 rings (SSSR count). The Bertz CT molecular complexity index is 1330. The van der Waals surface area contributed by atoms with Gasteiger partial charge >= 0.3 is 0 Å². The Balaban J connectivity index is 2.05. The summed E-state index contributed by atoms with van der Waals surface area (Å²) in [6.07, 6.45) is 0. The van der Waals surface area contributed by atoms with E-state index in [-0.39, 0.29) is 10.6 Å². The molecule has 0 bridgehead atoms. The summed E-state index contributed by atoms with van der Waals surface area (Å²) >= 11 is 0. The number of benzene rings is 3. The van der Waals surface area contributed by atoms with Gasteiger partial charge in [-0.3, -0.25) is 4.79 Å². The smallest absolute Gasteiger partial charge is 0.256 e. The normalized spacial score (nSPS) is 11.1. The molecule has 0 aliphatic rings. The number of anilines is 1. The van der Waals surface area contributed by atoms with Gasteiger partial charge in [0, 0.05) is 24.2 Å². The highest BCUT2D eigenvalue weighted by atomic mass is 32.2. The fourth-order valence-electron chi connectivity index (χ4n) is 3.68. The zero-order valence-electron chi connectivity index (χ0n) is 19.4. The zero-order chi connectivity index (χ0) is 24.7. The molecule has 0 atom stereocenters. The van der Waals surface area contributed by atoms with Crippen molar-refractivity contribution in [2.45, 2.75) is 25.7 Å². The zero-order valence-corrected chi connectivity index (χ0v) is 20.2. The number of hydrogen-bond donors (Lipinski definition) is 1. The van der Waals surface area contributed by atoms with E-state index >= 15 is 0 Å². The highest BCUT2D eigenvalue weighted by Crippen LogP contribution is 2.32. The molecule has 0 unspecified atom stereocenters. The van der Waals surface area contributed by atoms with Crippen LogP contribution in [0.3, 0.4) is 0 Å². The topological polar surface area (TPSA) is 99.5 Å². The van der Waals surface area contributed by atoms with Gasteiger partial charge in [-0.25, -0.2) is 8.42 Å². The van der Waals surface area contributed by atoms with Crippen molar-refractivity contribution in [3.8, 4) is 22.9 Å². The molecule has 0 radical (unpaired) electrons. The van der Waals surface area contributed by atoms with E-state index < -0.39 is 15.9 Å². The van der Waals surface area contributed by atoms with Crippen LogP contribution in [0.4, 0.5) is 5.69 Å². The fraction of sp³-hybridized carbons (Fsp3) is 0.231. The van der Waals surface area contributed by atoms with E-state index in [2.05, 4.69) is 11.4 Å². The molecular formula is C26H27N3O4S. The van der Waals surface area contributed by atoms with Crippen LogP contribution in [-0.4, -0.2) is 38.3 Å². The molecule has 0 saturated carbocycles. The maximum Gasteiger partial charge on any atom is 0.256 e. The molecule has 0 aliphatic heterocycles. The molecule has 0 saturated heterocycles. The Hall–Kier alpha value is -3.67. The number of nitriles is 1.